The Morgan fingerprint density at radius 3 is 2.89 bits per heavy atom. The first kappa shape index (κ1) is 13.7. The summed E-state index contributed by atoms with van der Waals surface area (Å²) in [7, 11) is 0. The Kier molecular flexibility index (Phi) is 3.71. The molecule has 1 aromatic rings. The Labute approximate surface area is 118 Å². The summed E-state index contributed by atoms with van der Waals surface area (Å²) in [6.07, 6.45) is 0. The molecule has 0 aromatic carbocycles. The fourth-order valence-electron chi connectivity index (χ4n) is 2.40. The van der Waals surface area contributed by atoms with Crippen LogP contribution < -0.4 is 16.0 Å². The normalized spacial score (nSPS) is 19.2. The van der Waals surface area contributed by atoms with Crippen molar-refractivity contribution in [3.05, 3.63) is 22.9 Å². The maximum atomic E-state index is 11.8. The fraction of sp³-hybridized carbons (Fsp3) is 0.462. The van der Waals surface area contributed by atoms with Gasteiger partial charge >= 0.3 is 0 Å². The molecule has 2 heterocycles. The average Bonchev–Trinajstić information content (AvgIpc) is 2.31. The van der Waals surface area contributed by atoms with E-state index in [0.717, 1.165) is 16.8 Å². The molecule has 0 aliphatic carbocycles. The summed E-state index contributed by atoms with van der Waals surface area (Å²) in [5.74, 6) is 0.716. The fourth-order valence-corrected chi connectivity index (χ4v) is 2.65. The highest BCUT2D eigenvalue weighted by Crippen LogP contribution is 2.25. The molecule has 1 unspecified atom stereocenters. The number of thiocarbonyl (C=S) groups is 1. The Morgan fingerprint density at radius 1 is 1.58 bits per heavy atom. The van der Waals surface area contributed by atoms with E-state index in [1.807, 2.05) is 31.7 Å². The van der Waals surface area contributed by atoms with E-state index < -0.39 is 0 Å². The van der Waals surface area contributed by atoms with Crippen molar-refractivity contribution in [3.63, 3.8) is 0 Å². The van der Waals surface area contributed by atoms with Gasteiger partial charge in [-0.3, -0.25) is 4.79 Å². The molecule has 2 rings (SSSR count). The van der Waals surface area contributed by atoms with E-state index in [0.29, 0.717) is 23.9 Å². The van der Waals surface area contributed by atoms with E-state index >= 15 is 0 Å². The van der Waals surface area contributed by atoms with Gasteiger partial charge in [0.1, 0.15) is 16.8 Å². The summed E-state index contributed by atoms with van der Waals surface area (Å²) < 4.78 is 0. The predicted octanol–water partition coefficient (Wildman–Crippen LogP) is 0.657. The lowest BCUT2D eigenvalue weighted by atomic mass is 10.1. The molecular weight excluding hydrogens is 260 g/mol. The predicted molar refractivity (Wildman–Crippen MR) is 79.4 cm³/mol. The Balaban J connectivity index is 2.54. The number of anilines is 1. The molecule has 1 atom stereocenters. The number of carbonyl (C=O) groups is 1. The molecule has 1 aromatic heterocycles. The molecule has 6 heteroatoms. The molecular formula is C13H18N4OS. The maximum Gasteiger partial charge on any atom is 0.242 e. The highest BCUT2D eigenvalue weighted by atomic mass is 32.1. The van der Waals surface area contributed by atoms with E-state index in [4.69, 9.17) is 18.0 Å². The number of amides is 1. The number of rotatable bonds is 2. The van der Waals surface area contributed by atoms with Gasteiger partial charge in [0.25, 0.3) is 0 Å². The van der Waals surface area contributed by atoms with Crippen LogP contribution in [0, 0.1) is 13.8 Å². The van der Waals surface area contributed by atoms with Crippen molar-refractivity contribution in [2.24, 2.45) is 5.73 Å². The summed E-state index contributed by atoms with van der Waals surface area (Å²) in [6, 6.07) is 1.68. The third-order valence-corrected chi connectivity index (χ3v) is 3.55. The second-order valence-corrected chi connectivity index (χ2v) is 5.24. The monoisotopic (exact) mass is 278 g/mol. The van der Waals surface area contributed by atoms with Crippen molar-refractivity contribution in [3.8, 4) is 0 Å². The first-order valence-electron chi connectivity index (χ1n) is 6.24. The van der Waals surface area contributed by atoms with Crippen LogP contribution in [-0.4, -0.2) is 35.0 Å². The zero-order valence-electron chi connectivity index (χ0n) is 11.4. The Morgan fingerprint density at radius 2 is 2.26 bits per heavy atom. The molecule has 0 saturated carbocycles. The van der Waals surface area contributed by atoms with Gasteiger partial charge in [0.05, 0.1) is 5.56 Å². The number of nitrogens with two attached hydrogens (primary N) is 1. The number of nitrogens with zero attached hydrogens (tertiary/aromatic N) is 2. The number of carbonyl (C=O) groups excluding carboxylic acids is 1. The zero-order valence-corrected chi connectivity index (χ0v) is 12.2. The molecule has 1 aliphatic heterocycles. The highest BCUT2D eigenvalue weighted by Gasteiger charge is 2.29. The number of nitrogens with one attached hydrogen (secondary N) is 1. The lowest BCUT2D eigenvalue weighted by molar-refractivity contribution is -0.122. The molecule has 1 aliphatic rings. The third-order valence-electron chi connectivity index (χ3n) is 3.34. The molecule has 5 nitrogen and oxygen atoms in total. The minimum atomic E-state index is -0.268. The first-order chi connectivity index (χ1) is 8.91. The highest BCUT2D eigenvalue weighted by molar-refractivity contribution is 7.80. The van der Waals surface area contributed by atoms with Crippen LogP contribution in [0.25, 0.3) is 0 Å². The van der Waals surface area contributed by atoms with E-state index in [9.17, 15) is 4.79 Å². The van der Waals surface area contributed by atoms with E-state index in [-0.39, 0.29) is 11.9 Å². The molecule has 1 fully saturated rings. The van der Waals surface area contributed by atoms with Crippen molar-refractivity contribution >= 4 is 28.9 Å². The summed E-state index contributed by atoms with van der Waals surface area (Å²) in [4.78, 5) is 18.6. The van der Waals surface area contributed by atoms with Gasteiger partial charge in [0.2, 0.25) is 5.91 Å². The average molecular weight is 278 g/mol. The topological polar surface area (TPSA) is 71.2 Å². The lowest BCUT2D eigenvalue weighted by Gasteiger charge is -2.35. The number of piperazine rings is 1. The van der Waals surface area contributed by atoms with E-state index in [1.54, 1.807) is 0 Å². The molecule has 1 amide bonds. The summed E-state index contributed by atoms with van der Waals surface area (Å²) in [5.41, 5.74) is 8.47. The van der Waals surface area contributed by atoms with Gasteiger partial charge in [-0.15, -0.1) is 0 Å². The quantitative estimate of drug-likeness (QED) is 0.778. The van der Waals surface area contributed by atoms with Crippen LogP contribution in [0.15, 0.2) is 6.07 Å². The van der Waals surface area contributed by atoms with Gasteiger partial charge in [0.15, 0.2) is 0 Å². The number of aromatic nitrogens is 1. The molecule has 102 valence electrons. The standard InChI is InChI=1S/C13H18N4OS/c1-7-6-8(2)16-12(10(7)11(14)19)17-5-4-15-13(18)9(17)3/h6,9H,4-5H2,1-3H3,(H2,14,19)(H,15,18). The number of pyridine rings is 1. The first-order valence-corrected chi connectivity index (χ1v) is 6.65. The van der Waals surface area contributed by atoms with Gasteiger partial charge in [-0.05, 0) is 32.4 Å². The van der Waals surface area contributed by atoms with Crippen molar-refractivity contribution in [2.45, 2.75) is 26.8 Å². The second-order valence-electron chi connectivity index (χ2n) is 4.80. The van der Waals surface area contributed by atoms with Gasteiger partial charge < -0.3 is 16.0 Å². The van der Waals surface area contributed by atoms with Crippen molar-refractivity contribution in [2.75, 3.05) is 18.0 Å². The molecule has 19 heavy (non-hydrogen) atoms. The smallest absolute Gasteiger partial charge is 0.242 e. The van der Waals surface area contributed by atoms with Crippen LogP contribution in [-0.2, 0) is 4.79 Å². The van der Waals surface area contributed by atoms with Crippen molar-refractivity contribution in [1.82, 2.24) is 10.3 Å². The largest absolute Gasteiger partial charge is 0.389 e. The van der Waals surface area contributed by atoms with Crippen LogP contribution in [0.2, 0.25) is 0 Å². The van der Waals surface area contributed by atoms with Crippen LogP contribution in [0.3, 0.4) is 0 Å². The van der Waals surface area contributed by atoms with Crippen LogP contribution in [0.5, 0.6) is 0 Å². The minimum Gasteiger partial charge on any atom is -0.389 e. The zero-order chi connectivity index (χ0) is 14.2. The SMILES string of the molecule is Cc1cc(C)c(C(N)=S)c(N2CCNC(=O)C2C)n1. The van der Waals surface area contributed by atoms with Crippen molar-refractivity contribution < 1.29 is 4.79 Å². The lowest BCUT2D eigenvalue weighted by Crippen LogP contribution is -2.54. The second kappa shape index (κ2) is 5.13. The van der Waals surface area contributed by atoms with E-state index in [2.05, 4.69) is 10.3 Å². The van der Waals surface area contributed by atoms with Crippen molar-refractivity contribution in [1.29, 1.82) is 0 Å². The summed E-state index contributed by atoms with van der Waals surface area (Å²) >= 11 is 5.13. The molecule has 0 radical (unpaired) electrons. The number of hydrogen-bond acceptors (Lipinski definition) is 4. The Hall–Kier alpha value is -1.69. The van der Waals surface area contributed by atoms with Crippen LogP contribution >= 0.6 is 12.2 Å². The number of hydrogen-bond donors (Lipinski definition) is 2. The summed E-state index contributed by atoms with van der Waals surface area (Å²) in [5, 5.41) is 2.84. The Bertz CT molecular complexity index is 544. The van der Waals surface area contributed by atoms with Crippen LogP contribution in [0.4, 0.5) is 5.82 Å². The minimum absolute atomic E-state index is 0.00102. The van der Waals surface area contributed by atoms with Gasteiger partial charge in [-0.25, -0.2) is 4.98 Å². The number of aryl methyl sites for hydroxylation is 2. The van der Waals surface area contributed by atoms with Crippen LogP contribution in [0.1, 0.15) is 23.7 Å². The molecule has 0 bridgehead atoms. The molecule has 1 saturated heterocycles. The van der Waals surface area contributed by atoms with Gasteiger partial charge in [-0.1, -0.05) is 12.2 Å². The van der Waals surface area contributed by atoms with E-state index in [1.165, 1.54) is 0 Å². The van der Waals surface area contributed by atoms with Gasteiger partial charge in [0, 0.05) is 18.8 Å². The third kappa shape index (κ3) is 2.53. The van der Waals surface area contributed by atoms with Gasteiger partial charge in [-0.2, -0.15) is 0 Å². The maximum absolute atomic E-state index is 11.8. The molecule has 3 N–H and O–H groups in total. The summed E-state index contributed by atoms with van der Waals surface area (Å²) in [6.45, 7) is 7.06. The molecule has 0 spiro atoms.